The first kappa shape index (κ1) is 46.2. The first-order chi connectivity index (χ1) is 27.7. The molecule has 0 saturated carbocycles. The Morgan fingerprint density at radius 1 is 0.982 bits per heavy atom. The number of aliphatic hydroxyl groups is 2. The molecule has 2 unspecified atom stereocenters. The van der Waals surface area contributed by atoms with Crippen molar-refractivity contribution in [2.45, 2.75) is 146 Å². The van der Waals surface area contributed by atoms with Crippen molar-refractivity contribution < 1.29 is 42.9 Å². The van der Waals surface area contributed by atoms with Crippen LogP contribution in [0.3, 0.4) is 0 Å². The van der Waals surface area contributed by atoms with Gasteiger partial charge in [0.25, 0.3) is 0 Å². The number of hydrogen-bond donors (Lipinski definition) is 4. The van der Waals surface area contributed by atoms with Gasteiger partial charge in [0, 0.05) is 13.2 Å². The van der Waals surface area contributed by atoms with E-state index in [9.17, 15) is 24.9 Å². The van der Waals surface area contributed by atoms with E-state index in [4.69, 9.17) is 35.6 Å². The molecule has 1 aliphatic heterocycles. The lowest BCUT2D eigenvalue weighted by atomic mass is 9.92. The number of aromatic nitrogens is 3. The number of rotatable bonds is 29. The predicted molar refractivity (Wildman–Crippen MR) is 215 cm³/mol. The highest BCUT2D eigenvalue weighted by Crippen LogP contribution is 2.46. The van der Waals surface area contributed by atoms with Gasteiger partial charge in [-0.25, -0.2) is 18.9 Å². The van der Waals surface area contributed by atoms with Gasteiger partial charge in [0.1, 0.15) is 36.2 Å². The monoisotopic (exact) mass is 812 g/mol. The van der Waals surface area contributed by atoms with E-state index in [1.807, 2.05) is 12.1 Å². The second-order valence-electron chi connectivity index (χ2n) is 14.7. The third-order valence-corrected chi connectivity index (χ3v) is 11.3. The van der Waals surface area contributed by atoms with Gasteiger partial charge in [-0.05, 0) is 37.0 Å². The zero-order chi connectivity index (χ0) is 40.9. The number of hydrogen-bond acceptors (Lipinski definition) is 12. The Labute approximate surface area is 336 Å². The fourth-order valence-corrected chi connectivity index (χ4v) is 7.76. The summed E-state index contributed by atoms with van der Waals surface area (Å²) in [6.45, 7) is 10.6. The summed E-state index contributed by atoms with van der Waals surface area (Å²) in [6, 6.07) is 12.0. The normalized spacial score (nSPS) is 21.0. The van der Waals surface area contributed by atoms with E-state index < -0.39 is 44.4 Å². The number of para-hydroxylation sites is 1. The van der Waals surface area contributed by atoms with Gasteiger partial charge in [0.2, 0.25) is 5.60 Å². The molecule has 57 heavy (non-hydrogen) atoms. The van der Waals surface area contributed by atoms with E-state index in [2.05, 4.69) is 21.9 Å². The Hall–Kier alpha value is -3.47. The molecule has 16 heteroatoms. The van der Waals surface area contributed by atoms with E-state index >= 15 is 0 Å². The van der Waals surface area contributed by atoms with E-state index in [1.54, 1.807) is 24.3 Å². The van der Waals surface area contributed by atoms with Crippen LogP contribution in [0.4, 0.5) is 11.5 Å². The molecule has 2 aromatic heterocycles. The van der Waals surface area contributed by atoms with Crippen molar-refractivity contribution in [3.05, 3.63) is 65.4 Å². The Balaban J connectivity index is 1.19. The minimum atomic E-state index is -4.73. The van der Waals surface area contributed by atoms with Crippen LogP contribution in [0.5, 0.6) is 0 Å². The van der Waals surface area contributed by atoms with Crippen LogP contribution in [0.1, 0.15) is 121 Å². The van der Waals surface area contributed by atoms with E-state index in [0.717, 1.165) is 58.2 Å². The summed E-state index contributed by atoms with van der Waals surface area (Å²) >= 11 is 0. The Kier molecular flexibility index (Phi) is 19.8. The highest BCUT2D eigenvalue weighted by molar-refractivity contribution is 7.47. The first-order valence-electron chi connectivity index (χ1n) is 20.5. The highest BCUT2D eigenvalue weighted by Gasteiger charge is 2.58. The van der Waals surface area contributed by atoms with Gasteiger partial charge < -0.3 is 35.1 Å². The number of nitrogen functional groups attached to an aromatic ring is 1. The average Bonchev–Trinajstić information content (AvgIpc) is 3.76. The fourth-order valence-electron chi connectivity index (χ4n) is 7.00. The van der Waals surface area contributed by atoms with Gasteiger partial charge in [0.15, 0.2) is 11.5 Å². The third kappa shape index (κ3) is 14.1. The average molecular weight is 813 g/mol. The van der Waals surface area contributed by atoms with Crippen molar-refractivity contribution in [1.29, 1.82) is 5.26 Å². The molecule has 1 aromatic carbocycles. The topological polar surface area (TPSA) is 208 Å². The maximum atomic E-state index is 13.1. The first-order valence-corrected chi connectivity index (χ1v) is 22.0. The second-order valence-corrected chi connectivity index (χ2v) is 16.1. The smallest absolute Gasteiger partial charge is 0.387 e. The zero-order valence-electron chi connectivity index (χ0n) is 33.3. The van der Waals surface area contributed by atoms with E-state index in [1.165, 1.54) is 68.3 Å². The summed E-state index contributed by atoms with van der Waals surface area (Å²) in [5.74, 6) is 0.130. The molecule has 0 spiro atoms. The lowest BCUT2D eigenvalue weighted by Crippen LogP contribution is -2.41. The number of anilines is 1. The summed E-state index contributed by atoms with van der Waals surface area (Å²) in [4.78, 5) is 18.1. The van der Waals surface area contributed by atoms with Crippen LogP contribution in [0, 0.1) is 17.9 Å². The largest absolute Gasteiger partial charge is 0.472 e. The molecule has 15 nitrogen and oxygen atoms in total. The van der Waals surface area contributed by atoms with Crippen molar-refractivity contribution in [2.24, 2.45) is 0 Å². The number of nitriles is 1. The lowest BCUT2D eigenvalue weighted by molar-refractivity contribution is -0.0658. The number of nitrogens with zero attached hydrogens (tertiary/aromatic N) is 5. The van der Waals surface area contributed by atoms with Crippen LogP contribution in [-0.2, 0) is 40.0 Å². The molecule has 1 aliphatic rings. The summed E-state index contributed by atoms with van der Waals surface area (Å²) in [5, 5.41) is 36.1. The number of ether oxygens (including phenoxy) is 3. The SMILES string of the molecule is [C-]#[N+]c1ccccc1CO[C@H](CCCCCCCCCCOCCCCCCCCC)COP(=O)(O)OC[C@H]1O[C@@](C#N)(c2ccc3c(N)ncnn23)[C@@H](O)C1O. The molecule has 0 amide bonds. The lowest BCUT2D eigenvalue weighted by Gasteiger charge is -2.24. The van der Waals surface area contributed by atoms with Gasteiger partial charge in [-0.2, -0.15) is 10.4 Å². The molecule has 3 heterocycles. The number of unbranched alkanes of at least 4 members (excludes halogenated alkanes) is 13. The van der Waals surface area contributed by atoms with Gasteiger partial charge in [-0.1, -0.05) is 115 Å². The molecular weight excluding hydrogens is 751 g/mol. The number of phosphoric acid groups is 1. The number of nitrogens with two attached hydrogens (primary N) is 1. The predicted octanol–water partition coefficient (Wildman–Crippen LogP) is 7.70. The van der Waals surface area contributed by atoms with Crippen molar-refractivity contribution in [3.8, 4) is 6.07 Å². The molecule has 5 N–H and O–H groups in total. The quantitative estimate of drug-likeness (QED) is 0.0301. The molecule has 3 aromatic rings. The molecule has 0 radical (unpaired) electrons. The Bertz CT molecular complexity index is 1770. The van der Waals surface area contributed by atoms with Crippen molar-refractivity contribution >= 4 is 24.8 Å². The number of phosphoric ester groups is 1. The summed E-state index contributed by atoms with van der Waals surface area (Å²) < 4.78 is 42.7. The van der Waals surface area contributed by atoms with Crippen molar-refractivity contribution in [2.75, 3.05) is 32.2 Å². The van der Waals surface area contributed by atoms with Crippen LogP contribution in [0.25, 0.3) is 10.4 Å². The minimum Gasteiger partial charge on any atom is -0.387 e. The van der Waals surface area contributed by atoms with Gasteiger partial charge in [0.05, 0.1) is 38.2 Å². The van der Waals surface area contributed by atoms with E-state index in [-0.39, 0.29) is 24.7 Å². The molecule has 0 bridgehead atoms. The minimum absolute atomic E-state index is 0.0843. The molecule has 0 aliphatic carbocycles. The van der Waals surface area contributed by atoms with E-state index in [0.29, 0.717) is 23.2 Å². The van der Waals surface area contributed by atoms with Gasteiger partial charge in [-0.15, -0.1) is 0 Å². The second kappa shape index (κ2) is 24.5. The maximum absolute atomic E-state index is 13.1. The number of benzene rings is 1. The van der Waals surface area contributed by atoms with Crippen LogP contribution >= 0.6 is 7.82 Å². The van der Waals surface area contributed by atoms with Crippen molar-refractivity contribution in [3.63, 3.8) is 0 Å². The standard InChI is InChI=1S/C41H61N6O9P/c1-3-4-5-6-10-13-18-25-52-26-19-14-11-8-7-9-12-15-21-33(53-27-32-20-16-17-22-34(32)44-2)28-54-57(50,51)55-29-36-38(48)39(49)41(30-42,56-36)37-24-23-35-40(43)45-31-46-47(35)37/h16-17,20,22-24,31,33,36,38-39,48-49H,3-15,18-19,21,25-29H2,1H3,(H,50,51)(H2,43,45,46)/t33-,36-,38?,39+,41+/m1/s1. The zero-order valence-corrected chi connectivity index (χ0v) is 34.1. The summed E-state index contributed by atoms with van der Waals surface area (Å²) in [5.41, 5.74) is 5.42. The number of fused-ring (bicyclic) bond motifs is 1. The Morgan fingerprint density at radius 3 is 2.30 bits per heavy atom. The molecule has 6 atom stereocenters. The molecule has 314 valence electrons. The summed E-state index contributed by atoms with van der Waals surface area (Å²) in [6.07, 6.45) is 14.0. The number of aliphatic hydroxyl groups excluding tert-OH is 2. The molecule has 1 fully saturated rings. The van der Waals surface area contributed by atoms with Crippen molar-refractivity contribution in [1.82, 2.24) is 14.6 Å². The Morgan fingerprint density at radius 2 is 1.63 bits per heavy atom. The molecule has 4 rings (SSSR count). The highest BCUT2D eigenvalue weighted by atomic mass is 31.2. The van der Waals surface area contributed by atoms with Crippen LogP contribution in [-0.4, -0.2) is 80.5 Å². The van der Waals surface area contributed by atoms with Crippen LogP contribution in [0.15, 0.2) is 42.7 Å². The van der Waals surface area contributed by atoms with Crippen LogP contribution < -0.4 is 5.73 Å². The van der Waals surface area contributed by atoms with Gasteiger partial charge >= 0.3 is 7.82 Å². The van der Waals surface area contributed by atoms with Crippen LogP contribution in [0.2, 0.25) is 0 Å². The molecule has 1 saturated heterocycles. The maximum Gasteiger partial charge on any atom is 0.472 e. The third-order valence-electron chi connectivity index (χ3n) is 10.4. The summed E-state index contributed by atoms with van der Waals surface area (Å²) in [7, 11) is -4.73. The molecular formula is C41H61N6O9P. The fraction of sp³-hybridized carbons (Fsp3) is 0.659. The van der Waals surface area contributed by atoms with Gasteiger partial charge in [-0.3, -0.25) is 9.05 Å².